The first-order chi connectivity index (χ1) is 19.5. The molecule has 15 nitrogen and oxygen atoms in total. The Labute approximate surface area is 277 Å². The van der Waals surface area contributed by atoms with Crippen molar-refractivity contribution in [2.75, 3.05) is 52.7 Å². The van der Waals surface area contributed by atoms with Crippen molar-refractivity contribution in [3.63, 3.8) is 0 Å². The van der Waals surface area contributed by atoms with Crippen molar-refractivity contribution < 1.29 is 62.0 Å². The second-order valence-corrected chi connectivity index (χ2v) is 8.20. The molecule has 0 rings (SSSR count). The van der Waals surface area contributed by atoms with Gasteiger partial charge in [0.1, 0.15) is 38.0 Å². The minimum absolute atomic E-state index is 0. The highest BCUT2D eigenvalue weighted by Crippen LogP contribution is 1.90. The molecular formula is C31H64N2O13. The van der Waals surface area contributed by atoms with Crippen LogP contribution in [-0.2, 0) is 62.0 Å². The van der Waals surface area contributed by atoms with E-state index >= 15 is 0 Å². The van der Waals surface area contributed by atoms with Crippen molar-refractivity contribution >= 4 is 47.3 Å². The maximum Gasteiger partial charge on any atom is 0.302 e. The molecule has 0 saturated heterocycles. The summed E-state index contributed by atoms with van der Waals surface area (Å²) in [6, 6.07) is 0. The van der Waals surface area contributed by atoms with Crippen LogP contribution >= 0.6 is 0 Å². The Morgan fingerprint density at radius 2 is 0.717 bits per heavy atom. The predicted molar refractivity (Wildman–Crippen MR) is 177 cm³/mol. The molecule has 0 fully saturated rings. The Morgan fingerprint density at radius 1 is 0.413 bits per heavy atom. The number of hydrogen-bond donors (Lipinski definition) is 2. The van der Waals surface area contributed by atoms with Crippen LogP contribution in [0.2, 0.25) is 0 Å². The van der Waals surface area contributed by atoms with E-state index in [1.807, 2.05) is 0 Å². The van der Waals surface area contributed by atoms with E-state index in [0.29, 0.717) is 39.1 Å². The monoisotopic (exact) mass is 672 g/mol. The lowest BCUT2D eigenvalue weighted by molar-refractivity contribution is -0.149. The number of Topliss-reactive ketones (excluding diaryl/α,β-unsaturated/α-hetero) is 2. The zero-order valence-corrected chi connectivity index (χ0v) is 26.1. The highest BCUT2D eigenvalue weighted by atomic mass is 16.6. The summed E-state index contributed by atoms with van der Waals surface area (Å²) in [7, 11) is 0. The number of nitrogens with one attached hydrogen (secondary N) is 2. The molecule has 0 aromatic rings. The molecule has 15 heteroatoms. The summed E-state index contributed by atoms with van der Waals surface area (Å²) < 4.78 is 23.1. The average Bonchev–Trinajstić information content (AvgIpc) is 2.84. The summed E-state index contributed by atoms with van der Waals surface area (Å²) in [5, 5.41) is 5.13. The molecule has 276 valence electrons. The maximum atomic E-state index is 10.5. The van der Waals surface area contributed by atoms with Crippen molar-refractivity contribution in [1.29, 1.82) is 0 Å². The number of ketones is 2. The molecule has 0 aromatic heterocycles. The Hall–Kier alpha value is -3.88. The summed E-state index contributed by atoms with van der Waals surface area (Å²) in [5.74, 6) is -1.32. The van der Waals surface area contributed by atoms with Gasteiger partial charge in [-0.15, -0.1) is 0 Å². The number of esters is 4. The van der Waals surface area contributed by atoms with Gasteiger partial charge in [-0.05, 0) is 20.3 Å². The number of carbonyl (C=O) groups is 8. The molecule has 0 unspecified atom stereocenters. The van der Waals surface area contributed by atoms with Crippen molar-refractivity contribution in [3.8, 4) is 0 Å². The molecule has 0 bridgehead atoms. The van der Waals surface area contributed by atoms with Gasteiger partial charge in [0.05, 0.1) is 6.61 Å². The Bertz CT molecular complexity index is 720. The van der Waals surface area contributed by atoms with E-state index in [2.05, 4.69) is 29.6 Å². The van der Waals surface area contributed by atoms with Gasteiger partial charge in [0.25, 0.3) is 0 Å². The smallest absolute Gasteiger partial charge is 0.302 e. The van der Waals surface area contributed by atoms with Crippen LogP contribution in [-0.4, -0.2) is 100.0 Å². The Balaban J connectivity index is -0.0000000684. The fraction of sp³-hybridized carbons (Fsp3) is 0.742. The molecule has 0 spiro atoms. The summed E-state index contributed by atoms with van der Waals surface area (Å²) in [4.78, 5) is 81.9. The number of carbonyl (C=O) groups excluding carboxylic acids is 8. The maximum absolute atomic E-state index is 10.5. The normalized spacial score (nSPS) is 8.17. The van der Waals surface area contributed by atoms with Gasteiger partial charge in [-0.1, -0.05) is 29.7 Å². The second-order valence-electron chi connectivity index (χ2n) is 8.20. The molecule has 0 atom stereocenters. The number of ether oxygens (including phenoxy) is 5. The first-order valence-electron chi connectivity index (χ1n) is 13.1. The van der Waals surface area contributed by atoms with E-state index in [9.17, 15) is 38.4 Å². The van der Waals surface area contributed by atoms with E-state index in [0.717, 1.165) is 6.42 Å². The Kier molecular flexibility index (Phi) is 60.6. The van der Waals surface area contributed by atoms with Crippen molar-refractivity contribution in [2.24, 2.45) is 0 Å². The lowest BCUT2D eigenvalue weighted by Gasteiger charge is -2.03. The van der Waals surface area contributed by atoms with Gasteiger partial charge < -0.3 is 39.1 Å². The van der Waals surface area contributed by atoms with Crippen LogP contribution in [0.1, 0.15) is 104 Å². The molecule has 0 heterocycles. The van der Waals surface area contributed by atoms with Gasteiger partial charge in [0, 0.05) is 74.1 Å². The van der Waals surface area contributed by atoms with Crippen molar-refractivity contribution in [1.82, 2.24) is 10.6 Å². The van der Waals surface area contributed by atoms with E-state index in [-0.39, 0.29) is 103 Å². The zero-order valence-electron chi connectivity index (χ0n) is 26.1. The third kappa shape index (κ3) is 90.0. The van der Waals surface area contributed by atoms with E-state index in [4.69, 9.17) is 4.74 Å². The summed E-state index contributed by atoms with van der Waals surface area (Å²) in [5.41, 5.74) is 0. The fourth-order valence-corrected chi connectivity index (χ4v) is 1.98. The summed E-state index contributed by atoms with van der Waals surface area (Å²) in [6.45, 7) is 13.8. The van der Waals surface area contributed by atoms with Crippen LogP contribution in [0.3, 0.4) is 0 Å². The van der Waals surface area contributed by atoms with Gasteiger partial charge in [0.15, 0.2) is 0 Å². The SMILES string of the molecule is C.C.C.C.CC(=O)CCCOCCNC(C)=O.CC(=O)CCNC(C)=O.CC(=O)OCCOC(C)=O.CC(=O)OCCOC(C)=O. The van der Waals surface area contributed by atoms with E-state index < -0.39 is 0 Å². The minimum atomic E-state index is -0.368. The first kappa shape index (κ1) is 61.2. The lowest BCUT2D eigenvalue weighted by Crippen LogP contribution is -2.24. The predicted octanol–water partition coefficient (Wildman–Crippen LogP) is 3.38. The van der Waals surface area contributed by atoms with Gasteiger partial charge in [-0.2, -0.15) is 0 Å². The van der Waals surface area contributed by atoms with Crippen LogP contribution in [0.4, 0.5) is 0 Å². The summed E-state index contributed by atoms with van der Waals surface area (Å²) in [6.07, 6.45) is 1.76. The second kappa shape index (κ2) is 45.5. The molecular weight excluding hydrogens is 608 g/mol. The quantitative estimate of drug-likeness (QED) is 0.137. The molecule has 0 aromatic carbocycles. The van der Waals surface area contributed by atoms with Crippen LogP contribution < -0.4 is 10.6 Å². The van der Waals surface area contributed by atoms with Gasteiger partial charge >= 0.3 is 23.9 Å². The molecule has 46 heavy (non-hydrogen) atoms. The zero-order chi connectivity index (χ0) is 33.3. The standard InChI is InChI=1S/C9H17NO3.C6H11NO2.2C6H10O4.4CH4/c1-8(11)4-3-6-13-7-5-10-9(2)12;1-5(8)3-4-7-6(2)9;2*1-5(7)9-3-4-10-6(2)8;;;;/h3-7H2,1-2H3,(H,10,12);3-4H2,1-2H3,(H,7,9);2*3-4H2,1-2H3;4*1H4. The molecule has 0 radical (unpaired) electrons. The Morgan fingerprint density at radius 3 is 0.978 bits per heavy atom. The van der Waals surface area contributed by atoms with Crippen LogP contribution in [0.15, 0.2) is 0 Å². The van der Waals surface area contributed by atoms with Gasteiger partial charge in [-0.25, -0.2) is 0 Å². The number of rotatable bonds is 16. The number of hydrogen-bond acceptors (Lipinski definition) is 13. The van der Waals surface area contributed by atoms with Crippen molar-refractivity contribution in [3.05, 3.63) is 0 Å². The topological polar surface area (TPSA) is 207 Å². The van der Waals surface area contributed by atoms with Crippen LogP contribution in [0.5, 0.6) is 0 Å². The summed E-state index contributed by atoms with van der Waals surface area (Å²) >= 11 is 0. The van der Waals surface area contributed by atoms with Gasteiger partial charge in [-0.3, -0.25) is 33.6 Å². The number of amides is 2. The van der Waals surface area contributed by atoms with E-state index in [1.165, 1.54) is 48.5 Å². The fourth-order valence-electron chi connectivity index (χ4n) is 1.98. The highest BCUT2D eigenvalue weighted by Gasteiger charge is 1.96. The molecule has 0 aliphatic heterocycles. The molecule has 2 N–H and O–H groups in total. The lowest BCUT2D eigenvalue weighted by atomic mass is 10.2. The first-order valence-corrected chi connectivity index (χ1v) is 13.1. The average molecular weight is 673 g/mol. The minimum Gasteiger partial charge on any atom is -0.462 e. The molecule has 2 amide bonds. The molecule has 0 aliphatic carbocycles. The third-order valence-corrected chi connectivity index (χ3v) is 3.68. The van der Waals surface area contributed by atoms with Crippen molar-refractivity contribution in [2.45, 2.75) is 104 Å². The van der Waals surface area contributed by atoms with Gasteiger partial charge in [0.2, 0.25) is 11.8 Å². The highest BCUT2D eigenvalue weighted by molar-refractivity contribution is 5.77. The van der Waals surface area contributed by atoms with E-state index in [1.54, 1.807) is 6.92 Å². The molecule has 0 saturated carbocycles. The van der Waals surface area contributed by atoms with Crippen LogP contribution in [0, 0.1) is 0 Å². The largest absolute Gasteiger partial charge is 0.462 e. The molecule has 0 aliphatic rings. The third-order valence-electron chi connectivity index (χ3n) is 3.68. The van der Waals surface area contributed by atoms with Crippen LogP contribution in [0.25, 0.3) is 0 Å².